The van der Waals surface area contributed by atoms with E-state index in [-0.39, 0.29) is 6.61 Å². The average Bonchev–Trinajstić information content (AvgIpc) is 3.68. The normalized spacial score (nSPS) is 41.9. The number of hydrogen-bond acceptors (Lipinski definition) is 6. The lowest BCUT2D eigenvalue weighted by atomic mass is 9.56. The highest BCUT2D eigenvalue weighted by Crippen LogP contribution is 2.59. The maximum Gasteiger partial charge on any atom is 0.0606 e. The van der Waals surface area contributed by atoms with E-state index in [2.05, 4.69) is 71.6 Å². The molecular formula is C46H76N4O2. The van der Waals surface area contributed by atoms with Crippen LogP contribution in [-0.2, 0) is 0 Å². The molecule has 6 heteroatoms. The molecule has 292 valence electrons. The average molecular weight is 717 g/mol. The number of rotatable bonds is 13. The van der Waals surface area contributed by atoms with Gasteiger partial charge in [-0.05, 0) is 136 Å². The number of fused-ring (bicyclic) bond motifs is 8. The van der Waals surface area contributed by atoms with E-state index in [9.17, 15) is 10.2 Å². The van der Waals surface area contributed by atoms with Crippen molar-refractivity contribution in [2.24, 2.45) is 59.2 Å². The maximum absolute atomic E-state index is 10.0. The quantitative estimate of drug-likeness (QED) is 0.205. The molecule has 14 atom stereocenters. The number of unbranched alkanes of at least 4 members (excludes halogenated alkanes) is 5. The van der Waals surface area contributed by atoms with Gasteiger partial charge in [0, 0.05) is 55.9 Å². The molecule has 7 aliphatic rings. The van der Waals surface area contributed by atoms with Crippen molar-refractivity contribution in [2.75, 3.05) is 70.5 Å². The predicted octanol–water partition coefficient (Wildman–Crippen LogP) is 7.59. The van der Waals surface area contributed by atoms with Crippen LogP contribution in [0.2, 0.25) is 0 Å². The summed E-state index contributed by atoms with van der Waals surface area (Å²) in [4.78, 5) is 11.1. The van der Waals surface area contributed by atoms with E-state index in [0.29, 0.717) is 30.4 Å². The summed E-state index contributed by atoms with van der Waals surface area (Å²) in [6, 6.07) is 11.1. The molecule has 3 aliphatic carbocycles. The van der Waals surface area contributed by atoms with Crippen LogP contribution in [0.4, 0.5) is 5.69 Å². The molecule has 2 N–H and O–H groups in total. The molecule has 4 heterocycles. The molecule has 1 aromatic rings. The molecule has 0 radical (unpaired) electrons. The molecule has 8 rings (SSSR count). The number of anilines is 1. The Kier molecular flexibility index (Phi) is 12.0. The molecule has 3 saturated heterocycles. The van der Waals surface area contributed by atoms with Crippen LogP contribution in [0.1, 0.15) is 116 Å². The molecule has 3 saturated carbocycles. The lowest BCUT2D eigenvalue weighted by Gasteiger charge is -2.54. The van der Waals surface area contributed by atoms with Crippen LogP contribution in [0.15, 0.2) is 24.3 Å². The van der Waals surface area contributed by atoms with Gasteiger partial charge in [-0.2, -0.15) is 0 Å². The van der Waals surface area contributed by atoms with Gasteiger partial charge in [0.25, 0.3) is 0 Å². The molecular weight excluding hydrogens is 641 g/mol. The topological polar surface area (TPSA) is 53.4 Å². The fourth-order valence-electron chi connectivity index (χ4n) is 15.0. The third-order valence-corrected chi connectivity index (χ3v) is 17.3. The largest absolute Gasteiger partial charge is 0.395 e. The van der Waals surface area contributed by atoms with Gasteiger partial charge in [0.15, 0.2) is 0 Å². The number of piperidine rings is 2. The maximum atomic E-state index is 10.0. The van der Waals surface area contributed by atoms with Crippen molar-refractivity contribution in [3.8, 4) is 0 Å². The van der Waals surface area contributed by atoms with Crippen LogP contribution >= 0.6 is 0 Å². The summed E-state index contributed by atoms with van der Waals surface area (Å²) in [5.41, 5.74) is 2.94. The zero-order valence-electron chi connectivity index (χ0n) is 33.6. The minimum Gasteiger partial charge on any atom is -0.395 e. The first-order valence-corrected chi connectivity index (χ1v) is 22.7. The number of aliphatic hydroxyl groups is 2. The van der Waals surface area contributed by atoms with Gasteiger partial charge in [-0.1, -0.05) is 84.4 Å². The van der Waals surface area contributed by atoms with Crippen molar-refractivity contribution in [1.82, 2.24) is 14.7 Å². The first-order valence-electron chi connectivity index (χ1n) is 22.7. The molecule has 0 bridgehead atoms. The summed E-state index contributed by atoms with van der Waals surface area (Å²) < 4.78 is 0. The van der Waals surface area contributed by atoms with Crippen LogP contribution in [0.3, 0.4) is 0 Å². The number of likely N-dealkylation sites (tertiary alicyclic amines) is 3. The third-order valence-electron chi connectivity index (χ3n) is 17.3. The zero-order chi connectivity index (χ0) is 35.9. The molecule has 0 amide bonds. The molecule has 4 aliphatic heterocycles. The van der Waals surface area contributed by atoms with E-state index in [1.54, 1.807) is 5.56 Å². The van der Waals surface area contributed by atoms with Gasteiger partial charge in [0.2, 0.25) is 0 Å². The number of β-amino-alcohol motifs (C(OH)–C–C–N with tert-alkyl or cyclic N) is 2. The fourth-order valence-corrected chi connectivity index (χ4v) is 15.0. The Hall–Kier alpha value is -1.18. The van der Waals surface area contributed by atoms with Crippen molar-refractivity contribution >= 4 is 5.69 Å². The summed E-state index contributed by atoms with van der Waals surface area (Å²) in [6.45, 7) is 20.4. The van der Waals surface area contributed by atoms with Gasteiger partial charge in [-0.25, -0.2) is 0 Å². The van der Waals surface area contributed by atoms with Crippen LogP contribution in [0, 0.1) is 59.2 Å². The van der Waals surface area contributed by atoms with Crippen molar-refractivity contribution in [1.29, 1.82) is 0 Å². The van der Waals surface area contributed by atoms with Gasteiger partial charge >= 0.3 is 0 Å². The van der Waals surface area contributed by atoms with Crippen molar-refractivity contribution in [3.63, 3.8) is 0 Å². The number of benzene rings is 1. The molecule has 6 fully saturated rings. The van der Waals surface area contributed by atoms with Gasteiger partial charge < -0.3 is 24.9 Å². The summed E-state index contributed by atoms with van der Waals surface area (Å²) in [7, 11) is 0. The minimum absolute atomic E-state index is 0.243. The lowest BCUT2D eigenvalue weighted by molar-refractivity contribution is -0.0540. The van der Waals surface area contributed by atoms with E-state index in [1.165, 1.54) is 122 Å². The van der Waals surface area contributed by atoms with E-state index in [1.807, 2.05) is 0 Å². The molecule has 52 heavy (non-hydrogen) atoms. The number of aliphatic hydroxyl groups excluding tert-OH is 2. The highest BCUT2D eigenvalue weighted by Gasteiger charge is 2.59. The number of para-hydroxylation sites is 1. The first kappa shape index (κ1) is 37.7. The standard InChI is InChI=1S/C46H76N4O2/c1-31-39-29-47(23-19-35(39)33(3)45-43(31)37-15-9-11-17-41(37)49(45)25-27-51)21-13-7-5-6-8-14-22-48-24-20-36-34(4)46-44(32(2)40(36)30-48)38-16-10-12-18-42(38)50(46)26-28-52/h9,11,15,17,31-36,38-40,42-46,51-52H,5-8,10,12-14,16,18-30H2,1-4H3. The molecule has 1 aromatic carbocycles. The van der Waals surface area contributed by atoms with Crippen LogP contribution in [0.5, 0.6) is 0 Å². The summed E-state index contributed by atoms with van der Waals surface area (Å²) >= 11 is 0. The summed E-state index contributed by atoms with van der Waals surface area (Å²) in [5.74, 6) is 8.69. The van der Waals surface area contributed by atoms with Gasteiger partial charge in [-0.3, -0.25) is 4.90 Å². The second-order valence-electron chi connectivity index (χ2n) is 19.4. The first-order chi connectivity index (χ1) is 25.4. The number of hydrogen-bond donors (Lipinski definition) is 2. The lowest BCUT2D eigenvalue weighted by Crippen LogP contribution is -2.57. The Morgan fingerprint density at radius 2 is 1.17 bits per heavy atom. The Morgan fingerprint density at radius 3 is 1.85 bits per heavy atom. The molecule has 6 nitrogen and oxygen atoms in total. The highest BCUT2D eigenvalue weighted by molar-refractivity contribution is 5.63. The summed E-state index contributed by atoms with van der Waals surface area (Å²) in [5, 5.41) is 19.9. The van der Waals surface area contributed by atoms with E-state index < -0.39 is 0 Å². The molecule has 14 unspecified atom stereocenters. The highest BCUT2D eigenvalue weighted by atomic mass is 16.3. The minimum atomic E-state index is 0.243. The van der Waals surface area contributed by atoms with Crippen LogP contribution < -0.4 is 4.90 Å². The summed E-state index contributed by atoms with van der Waals surface area (Å²) in [6.07, 6.45) is 16.7. The van der Waals surface area contributed by atoms with Crippen LogP contribution in [-0.4, -0.2) is 109 Å². The zero-order valence-corrected chi connectivity index (χ0v) is 33.6. The molecule has 0 aromatic heterocycles. The van der Waals surface area contributed by atoms with Crippen LogP contribution in [0.25, 0.3) is 0 Å². The Labute approximate surface area is 318 Å². The SMILES string of the molecule is CC1C2CN(CCCCCCCCN3CCC4C(C)C5C(C(C)C4C3)C3CCCCC3N5CCO)CCC2C(C)C2C1c1ccccc1N2CCO. The Bertz CT molecular complexity index is 1310. The van der Waals surface area contributed by atoms with Gasteiger partial charge in [0.05, 0.1) is 13.2 Å². The van der Waals surface area contributed by atoms with Gasteiger partial charge in [0.1, 0.15) is 0 Å². The predicted molar refractivity (Wildman–Crippen MR) is 215 cm³/mol. The van der Waals surface area contributed by atoms with Gasteiger partial charge in [-0.15, -0.1) is 0 Å². The van der Waals surface area contributed by atoms with E-state index in [0.717, 1.165) is 72.5 Å². The van der Waals surface area contributed by atoms with Crippen molar-refractivity contribution < 1.29 is 10.2 Å². The Balaban J connectivity index is 0.751. The van der Waals surface area contributed by atoms with Crippen molar-refractivity contribution in [2.45, 2.75) is 129 Å². The number of nitrogens with zero attached hydrogens (tertiary/aromatic N) is 4. The van der Waals surface area contributed by atoms with E-state index in [4.69, 9.17) is 0 Å². The monoisotopic (exact) mass is 717 g/mol. The third kappa shape index (κ3) is 6.83. The smallest absolute Gasteiger partial charge is 0.0606 e. The van der Waals surface area contributed by atoms with Crippen molar-refractivity contribution in [3.05, 3.63) is 29.8 Å². The second-order valence-corrected chi connectivity index (χ2v) is 19.4. The second kappa shape index (κ2) is 16.5. The fraction of sp³-hybridized carbons (Fsp3) is 0.870. The Morgan fingerprint density at radius 1 is 0.577 bits per heavy atom. The van der Waals surface area contributed by atoms with E-state index >= 15 is 0 Å². The molecule has 0 spiro atoms.